The summed E-state index contributed by atoms with van der Waals surface area (Å²) in [5.74, 6) is 0.140. The number of aliphatic hydroxyl groups excluding tert-OH is 1. The highest BCUT2D eigenvalue weighted by atomic mass is 35.5. The van der Waals surface area contributed by atoms with Crippen molar-refractivity contribution < 1.29 is 19.4 Å². The first kappa shape index (κ1) is 18.8. The molecule has 3 aliphatic carbocycles. The zero-order valence-corrected chi connectivity index (χ0v) is 17.3. The van der Waals surface area contributed by atoms with Crippen molar-refractivity contribution in [1.29, 1.82) is 0 Å². The van der Waals surface area contributed by atoms with Gasteiger partial charge in [0.2, 0.25) is 0 Å². The van der Waals surface area contributed by atoms with E-state index in [0.717, 1.165) is 5.01 Å². The Balaban J connectivity index is 1.18. The molecule has 29 heavy (non-hydrogen) atoms. The molecule has 1 aromatic carbocycles. The number of nitrogens with zero attached hydrogens (tertiary/aromatic N) is 1. The van der Waals surface area contributed by atoms with Crippen LogP contribution in [0.2, 0.25) is 5.02 Å². The maximum atomic E-state index is 12.7. The average Bonchev–Trinajstić information content (AvgIpc) is 3.05. The van der Waals surface area contributed by atoms with Crippen LogP contribution in [-0.4, -0.2) is 39.1 Å². The van der Waals surface area contributed by atoms with E-state index in [0.29, 0.717) is 40.5 Å². The van der Waals surface area contributed by atoms with Gasteiger partial charge in [0.05, 0.1) is 17.3 Å². The second kappa shape index (κ2) is 6.42. The van der Waals surface area contributed by atoms with Gasteiger partial charge in [-0.25, -0.2) is 4.98 Å². The van der Waals surface area contributed by atoms with Gasteiger partial charge >= 0.3 is 0 Å². The Morgan fingerprint density at radius 1 is 1.28 bits per heavy atom. The maximum Gasteiger partial charge on any atom is 0.263 e. The predicted molar refractivity (Wildman–Crippen MR) is 107 cm³/mol. The molecule has 3 N–H and O–H groups in total. The number of aliphatic hydroxyl groups is 1. The van der Waals surface area contributed by atoms with Crippen molar-refractivity contribution in [3.8, 4) is 5.75 Å². The fraction of sp³-hybridized carbons (Fsp3) is 0.450. The van der Waals surface area contributed by atoms with E-state index in [-0.39, 0.29) is 29.3 Å². The molecule has 2 atom stereocenters. The van der Waals surface area contributed by atoms with Crippen LogP contribution >= 0.6 is 22.9 Å². The topological polar surface area (TPSA) is 101 Å². The molecule has 152 valence electrons. The van der Waals surface area contributed by atoms with Crippen LogP contribution in [0.3, 0.4) is 0 Å². The first-order chi connectivity index (χ1) is 13.8. The Labute approximate surface area is 176 Å². The number of fused-ring (bicyclic) bond motifs is 1. The van der Waals surface area contributed by atoms with E-state index in [9.17, 15) is 14.7 Å². The summed E-state index contributed by atoms with van der Waals surface area (Å²) in [7, 11) is 0. The number of aryl methyl sites for hydroxylation is 1. The number of hydrogen-bond acceptors (Lipinski definition) is 6. The van der Waals surface area contributed by atoms with E-state index in [4.69, 9.17) is 16.3 Å². The number of ether oxygens (including phenoxy) is 1. The van der Waals surface area contributed by atoms with Crippen LogP contribution in [0.5, 0.6) is 5.75 Å². The highest BCUT2D eigenvalue weighted by Gasteiger charge is 2.69. The second-order valence-corrected chi connectivity index (χ2v) is 9.99. The molecule has 0 radical (unpaired) electrons. The van der Waals surface area contributed by atoms with Gasteiger partial charge in [0.1, 0.15) is 10.6 Å². The van der Waals surface area contributed by atoms with E-state index in [1.54, 1.807) is 24.4 Å². The minimum atomic E-state index is -0.797. The van der Waals surface area contributed by atoms with Gasteiger partial charge in [0, 0.05) is 28.1 Å². The van der Waals surface area contributed by atoms with E-state index in [2.05, 4.69) is 15.6 Å². The third-order valence-electron chi connectivity index (χ3n) is 5.97. The molecular formula is C20H20ClN3O4S. The van der Waals surface area contributed by atoms with Gasteiger partial charge in [-0.15, -0.1) is 11.3 Å². The van der Waals surface area contributed by atoms with Gasteiger partial charge in [-0.2, -0.15) is 0 Å². The number of rotatable bonds is 4. The molecule has 3 fully saturated rings. The number of nitrogens with one attached hydrogen (secondary N) is 2. The third kappa shape index (κ3) is 3.19. The monoisotopic (exact) mass is 433 g/mol. The van der Waals surface area contributed by atoms with E-state index >= 15 is 0 Å². The number of benzene rings is 1. The Kier molecular flexibility index (Phi) is 4.17. The Morgan fingerprint density at radius 3 is 2.69 bits per heavy atom. The number of aromatic nitrogens is 1. The molecule has 4 aliphatic rings. The molecule has 2 aromatic rings. The van der Waals surface area contributed by atoms with Crippen molar-refractivity contribution in [3.05, 3.63) is 44.9 Å². The van der Waals surface area contributed by atoms with Crippen molar-refractivity contribution in [2.24, 2.45) is 0 Å². The lowest BCUT2D eigenvalue weighted by atomic mass is 9.44. The largest absolute Gasteiger partial charge is 0.480 e. The predicted octanol–water partition coefficient (Wildman–Crippen LogP) is 2.51. The minimum absolute atomic E-state index is 0.107. The SMILES string of the molecule is Cc1ncc(C(=O)NC23CC(NC(=O)[C@H]4C[C@@H](O)c5cc(Cl)ccc5O4)(C2)C3)s1. The van der Waals surface area contributed by atoms with Crippen LogP contribution in [0, 0.1) is 6.92 Å². The second-order valence-electron chi connectivity index (χ2n) is 8.32. The molecular weight excluding hydrogens is 414 g/mol. The lowest BCUT2D eigenvalue weighted by Crippen LogP contribution is -2.84. The molecule has 7 nitrogen and oxygen atoms in total. The summed E-state index contributed by atoms with van der Waals surface area (Å²) in [6.07, 6.45) is 2.34. The fourth-order valence-corrected chi connectivity index (χ4v) is 5.60. The highest BCUT2D eigenvalue weighted by molar-refractivity contribution is 7.13. The lowest BCUT2D eigenvalue weighted by molar-refractivity contribution is -0.147. The summed E-state index contributed by atoms with van der Waals surface area (Å²) >= 11 is 7.34. The zero-order chi connectivity index (χ0) is 20.4. The van der Waals surface area contributed by atoms with Gasteiger partial charge in [0.15, 0.2) is 6.10 Å². The van der Waals surface area contributed by atoms with Crippen molar-refractivity contribution >= 4 is 34.8 Å². The van der Waals surface area contributed by atoms with Gasteiger partial charge < -0.3 is 20.5 Å². The Bertz CT molecular complexity index is 1000. The number of hydrogen-bond donors (Lipinski definition) is 3. The van der Waals surface area contributed by atoms with Crippen molar-refractivity contribution in [3.63, 3.8) is 0 Å². The zero-order valence-electron chi connectivity index (χ0n) is 15.7. The van der Waals surface area contributed by atoms with Crippen molar-refractivity contribution in [1.82, 2.24) is 15.6 Å². The van der Waals surface area contributed by atoms with E-state index in [1.165, 1.54) is 11.3 Å². The average molecular weight is 434 g/mol. The summed E-state index contributed by atoms with van der Waals surface area (Å²) in [6.45, 7) is 1.87. The van der Waals surface area contributed by atoms with Crippen LogP contribution in [0.4, 0.5) is 0 Å². The molecule has 0 saturated heterocycles. The van der Waals surface area contributed by atoms with Gasteiger partial charge in [-0.3, -0.25) is 9.59 Å². The van der Waals surface area contributed by atoms with Crippen molar-refractivity contribution in [2.45, 2.75) is 55.9 Å². The summed E-state index contributed by atoms with van der Waals surface area (Å²) in [5.41, 5.74) is 0.0771. The Morgan fingerprint density at radius 2 is 2.00 bits per heavy atom. The molecule has 1 aliphatic heterocycles. The number of halogens is 1. The smallest absolute Gasteiger partial charge is 0.263 e. The van der Waals surface area contributed by atoms with Crippen LogP contribution in [0.15, 0.2) is 24.4 Å². The summed E-state index contributed by atoms with van der Waals surface area (Å²) in [5, 5.41) is 17.9. The number of amides is 2. The highest BCUT2D eigenvalue weighted by Crippen LogP contribution is 2.60. The molecule has 2 bridgehead atoms. The molecule has 0 unspecified atom stereocenters. The molecule has 2 heterocycles. The van der Waals surface area contributed by atoms with Crippen LogP contribution < -0.4 is 15.4 Å². The third-order valence-corrected chi connectivity index (χ3v) is 7.12. The standard InChI is InChI=1S/C20H20ClN3O4S/c1-10-22-6-16(29-10)18(27)24-20-7-19(8-20,9-20)23-17(26)15-5-13(25)12-4-11(21)2-3-14(12)28-15/h2-4,6,13,15,25H,5,7-9H2,1H3,(H,23,26)(H,24,27)/t13-,15-,19?,20?/m1/s1. The summed E-state index contributed by atoms with van der Waals surface area (Å²) in [4.78, 5) is 29.8. The molecule has 3 saturated carbocycles. The fourth-order valence-electron chi connectivity index (χ4n) is 4.74. The quantitative estimate of drug-likeness (QED) is 0.687. The van der Waals surface area contributed by atoms with Gasteiger partial charge in [-0.1, -0.05) is 11.6 Å². The minimum Gasteiger partial charge on any atom is -0.480 e. The molecule has 6 rings (SSSR count). The number of thiazole rings is 1. The van der Waals surface area contributed by atoms with Crippen LogP contribution in [0.25, 0.3) is 0 Å². The summed E-state index contributed by atoms with van der Waals surface area (Å²) in [6, 6.07) is 5.01. The first-order valence-corrected chi connectivity index (χ1v) is 10.7. The molecule has 0 spiro atoms. The van der Waals surface area contributed by atoms with Crippen molar-refractivity contribution in [2.75, 3.05) is 0 Å². The molecule has 9 heteroatoms. The first-order valence-electron chi connectivity index (χ1n) is 9.48. The van der Waals surface area contributed by atoms with Gasteiger partial charge in [0.25, 0.3) is 11.8 Å². The lowest BCUT2D eigenvalue weighted by Gasteiger charge is -2.70. The maximum absolute atomic E-state index is 12.7. The summed E-state index contributed by atoms with van der Waals surface area (Å²) < 4.78 is 5.79. The number of carbonyl (C=O) groups is 2. The van der Waals surface area contributed by atoms with Crippen LogP contribution in [0.1, 0.15) is 52.0 Å². The van der Waals surface area contributed by atoms with Crippen LogP contribution in [-0.2, 0) is 4.79 Å². The molecule has 2 amide bonds. The van der Waals surface area contributed by atoms with Gasteiger partial charge in [-0.05, 0) is 44.4 Å². The number of carbonyl (C=O) groups excluding carboxylic acids is 2. The molecule has 1 aromatic heterocycles. The van der Waals surface area contributed by atoms with E-state index < -0.39 is 12.2 Å². The normalized spacial score (nSPS) is 31.6. The van der Waals surface area contributed by atoms with E-state index in [1.807, 2.05) is 6.92 Å². The Hall–Kier alpha value is -2.16.